The monoisotopic (exact) mass is 271 g/mol. The second kappa shape index (κ2) is 4.82. The zero-order chi connectivity index (χ0) is 12.4. The molecule has 0 aliphatic carbocycles. The van der Waals surface area contributed by atoms with Crippen molar-refractivity contribution in [1.29, 1.82) is 0 Å². The summed E-state index contributed by atoms with van der Waals surface area (Å²) < 4.78 is 18.4. The first-order chi connectivity index (χ1) is 8.06. The van der Waals surface area contributed by atoms with Crippen LogP contribution in [0.2, 0.25) is 10.0 Å². The lowest BCUT2D eigenvalue weighted by Crippen LogP contribution is -1.92. The minimum atomic E-state index is -0.497. The van der Waals surface area contributed by atoms with Crippen LogP contribution in [0.25, 0.3) is 0 Å². The van der Waals surface area contributed by atoms with Crippen molar-refractivity contribution in [2.45, 2.75) is 0 Å². The zero-order valence-electron chi connectivity index (χ0n) is 8.58. The highest BCUT2D eigenvalue weighted by atomic mass is 35.5. The summed E-state index contributed by atoms with van der Waals surface area (Å²) in [6.45, 7) is 0. The minimum Gasteiger partial charge on any atom is -0.455 e. The van der Waals surface area contributed by atoms with Crippen LogP contribution in [-0.2, 0) is 0 Å². The molecule has 2 aromatic rings. The lowest BCUT2D eigenvalue weighted by molar-refractivity contribution is 0.483. The van der Waals surface area contributed by atoms with Crippen LogP contribution in [0.1, 0.15) is 0 Å². The molecule has 0 bridgehead atoms. The Hall–Kier alpha value is -1.45. The fraction of sp³-hybridized carbons (Fsp3) is 0. The van der Waals surface area contributed by atoms with Crippen LogP contribution in [0.15, 0.2) is 36.4 Å². The van der Waals surface area contributed by atoms with Gasteiger partial charge in [-0.05, 0) is 30.3 Å². The Morgan fingerprint density at radius 3 is 2.47 bits per heavy atom. The summed E-state index contributed by atoms with van der Waals surface area (Å²) in [7, 11) is 0. The van der Waals surface area contributed by atoms with Gasteiger partial charge in [-0.1, -0.05) is 23.2 Å². The topological polar surface area (TPSA) is 35.2 Å². The fourth-order valence-corrected chi connectivity index (χ4v) is 1.63. The molecule has 0 saturated heterocycles. The second-order valence-electron chi connectivity index (χ2n) is 3.36. The number of halogens is 3. The van der Waals surface area contributed by atoms with E-state index in [4.69, 9.17) is 33.7 Å². The lowest BCUT2D eigenvalue weighted by Gasteiger charge is -2.09. The lowest BCUT2D eigenvalue weighted by atomic mass is 10.3. The van der Waals surface area contributed by atoms with Gasteiger partial charge in [0, 0.05) is 11.1 Å². The van der Waals surface area contributed by atoms with Crippen molar-refractivity contribution in [2.75, 3.05) is 5.73 Å². The molecule has 2 rings (SSSR count). The molecule has 0 saturated carbocycles. The number of ether oxygens (including phenoxy) is 1. The summed E-state index contributed by atoms with van der Waals surface area (Å²) in [5, 5.41) is 0.516. The Labute approximate surface area is 108 Å². The highest BCUT2D eigenvalue weighted by Gasteiger charge is 2.05. The minimum absolute atomic E-state index is 0.00460. The summed E-state index contributed by atoms with van der Waals surface area (Å²) in [5.41, 5.74) is 6.12. The van der Waals surface area contributed by atoms with Crippen molar-refractivity contribution in [3.05, 3.63) is 52.3 Å². The van der Waals surface area contributed by atoms with Crippen molar-refractivity contribution in [3.63, 3.8) is 0 Å². The molecule has 2 aromatic carbocycles. The first-order valence-corrected chi connectivity index (χ1v) is 5.50. The Kier molecular flexibility index (Phi) is 3.41. The number of rotatable bonds is 2. The van der Waals surface area contributed by atoms with Crippen LogP contribution in [0, 0.1) is 5.82 Å². The van der Waals surface area contributed by atoms with Gasteiger partial charge in [0.15, 0.2) is 0 Å². The Morgan fingerprint density at radius 2 is 1.82 bits per heavy atom. The zero-order valence-corrected chi connectivity index (χ0v) is 10.1. The molecular weight excluding hydrogens is 264 g/mol. The van der Waals surface area contributed by atoms with Crippen LogP contribution in [0.3, 0.4) is 0 Å². The third-order valence-corrected chi connectivity index (χ3v) is 2.62. The highest BCUT2D eigenvalue weighted by molar-refractivity contribution is 6.31. The average molecular weight is 272 g/mol. The Morgan fingerprint density at radius 1 is 1.06 bits per heavy atom. The molecule has 0 unspecified atom stereocenters. The van der Waals surface area contributed by atoms with Crippen LogP contribution in [0.5, 0.6) is 11.5 Å². The molecule has 0 heterocycles. The summed E-state index contributed by atoms with van der Waals surface area (Å²) in [6, 6.07) is 8.93. The second-order valence-corrected chi connectivity index (χ2v) is 4.20. The predicted octanol–water partition coefficient (Wildman–Crippen LogP) is 4.51. The van der Waals surface area contributed by atoms with E-state index in [0.717, 1.165) is 0 Å². The number of anilines is 1. The molecule has 2 N–H and O–H groups in total. The quantitative estimate of drug-likeness (QED) is 0.816. The molecule has 0 aliphatic heterocycles. The van der Waals surface area contributed by atoms with Crippen molar-refractivity contribution in [2.24, 2.45) is 0 Å². The van der Waals surface area contributed by atoms with E-state index >= 15 is 0 Å². The van der Waals surface area contributed by atoms with E-state index in [9.17, 15) is 4.39 Å². The molecule has 0 radical (unpaired) electrons. The number of benzene rings is 2. The van der Waals surface area contributed by atoms with Crippen LogP contribution < -0.4 is 10.5 Å². The van der Waals surface area contributed by atoms with Crippen molar-refractivity contribution >= 4 is 28.9 Å². The molecule has 0 atom stereocenters. The van der Waals surface area contributed by atoms with Gasteiger partial charge in [0.2, 0.25) is 0 Å². The summed E-state index contributed by atoms with van der Waals surface area (Å²) in [4.78, 5) is 0. The maximum Gasteiger partial charge on any atom is 0.150 e. The molecular formula is C12H8Cl2FNO. The van der Waals surface area contributed by atoms with Gasteiger partial charge in [0.05, 0.1) is 10.7 Å². The van der Waals surface area contributed by atoms with Crippen LogP contribution in [-0.4, -0.2) is 0 Å². The predicted molar refractivity (Wildman–Crippen MR) is 67.3 cm³/mol. The molecule has 17 heavy (non-hydrogen) atoms. The van der Waals surface area contributed by atoms with Gasteiger partial charge in [-0.25, -0.2) is 4.39 Å². The first kappa shape index (κ1) is 12.0. The van der Waals surface area contributed by atoms with Crippen LogP contribution in [0.4, 0.5) is 10.1 Å². The third kappa shape index (κ3) is 2.81. The number of hydrogen-bond acceptors (Lipinski definition) is 2. The normalized spacial score (nSPS) is 10.3. The summed E-state index contributed by atoms with van der Waals surface area (Å²) >= 11 is 11.4. The van der Waals surface area contributed by atoms with Crippen LogP contribution >= 0.6 is 23.2 Å². The van der Waals surface area contributed by atoms with E-state index in [0.29, 0.717) is 22.2 Å². The fourth-order valence-electron chi connectivity index (χ4n) is 1.28. The maximum atomic E-state index is 12.9. The molecule has 5 heteroatoms. The molecule has 2 nitrogen and oxygen atoms in total. The van der Waals surface area contributed by atoms with E-state index in [1.165, 1.54) is 18.2 Å². The van der Waals surface area contributed by atoms with E-state index in [1.807, 2.05) is 0 Å². The van der Waals surface area contributed by atoms with Gasteiger partial charge >= 0.3 is 0 Å². The average Bonchev–Trinajstić information content (AvgIpc) is 2.27. The van der Waals surface area contributed by atoms with E-state index in [-0.39, 0.29) is 5.02 Å². The Balaban J connectivity index is 2.28. The van der Waals surface area contributed by atoms with E-state index in [1.54, 1.807) is 18.2 Å². The van der Waals surface area contributed by atoms with Crippen molar-refractivity contribution < 1.29 is 9.13 Å². The molecule has 0 amide bonds. The SMILES string of the molecule is Nc1cc(Cl)ccc1Oc1ccc(F)c(Cl)c1. The maximum absolute atomic E-state index is 12.9. The smallest absolute Gasteiger partial charge is 0.150 e. The van der Waals surface area contributed by atoms with Gasteiger partial charge in [-0.15, -0.1) is 0 Å². The molecule has 0 aliphatic rings. The van der Waals surface area contributed by atoms with E-state index < -0.39 is 5.82 Å². The first-order valence-electron chi connectivity index (χ1n) is 4.74. The molecule has 0 aromatic heterocycles. The summed E-state index contributed by atoms with van der Waals surface area (Å²) in [6.07, 6.45) is 0. The third-order valence-electron chi connectivity index (χ3n) is 2.09. The van der Waals surface area contributed by atoms with Gasteiger partial charge in [0.1, 0.15) is 17.3 Å². The van der Waals surface area contributed by atoms with Gasteiger partial charge in [0.25, 0.3) is 0 Å². The summed E-state index contributed by atoms with van der Waals surface area (Å²) in [5.74, 6) is 0.352. The van der Waals surface area contributed by atoms with Crippen molar-refractivity contribution in [3.8, 4) is 11.5 Å². The highest BCUT2D eigenvalue weighted by Crippen LogP contribution is 2.31. The Bertz CT molecular complexity index is 560. The standard InChI is InChI=1S/C12H8Cl2FNO/c13-7-1-4-12(11(16)5-7)17-8-2-3-10(15)9(14)6-8/h1-6H,16H2. The van der Waals surface area contributed by atoms with E-state index in [2.05, 4.69) is 0 Å². The van der Waals surface area contributed by atoms with Crippen molar-refractivity contribution in [1.82, 2.24) is 0 Å². The molecule has 0 fully saturated rings. The molecule has 0 spiro atoms. The largest absolute Gasteiger partial charge is 0.455 e. The van der Waals surface area contributed by atoms with Gasteiger partial charge < -0.3 is 10.5 Å². The number of nitrogens with two attached hydrogens (primary N) is 1. The van der Waals surface area contributed by atoms with Gasteiger partial charge in [-0.3, -0.25) is 0 Å². The van der Waals surface area contributed by atoms with Gasteiger partial charge in [-0.2, -0.15) is 0 Å². The number of nitrogen functional groups attached to an aromatic ring is 1. The number of hydrogen-bond donors (Lipinski definition) is 1. The molecule has 88 valence electrons.